The van der Waals surface area contributed by atoms with Gasteiger partial charge in [-0.2, -0.15) is 5.21 Å². The first-order chi connectivity index (χ1) is 30.2. The Hall–Kier alpha value is -5.60. The SMILES string of the molecule is CCCC(CC(=O)[C@@H]1C[C@@H](OC(=O)N2CCc3ccccc3C2)CN1C(=O)[C@@H](NC(=O)[C@H](CC(=O)CCCCc1nn[nH]n1)C(C)C)C(C)C)C(=O)C(=O)C[C@@H](C)c1ccccc1. The van der Waals surface area contributed by atoms with Crippen LogP contribution in [0.15, 0.2) is 54.6 Å². The number of nitrogens with zero attached hydrogens (tertiary/aromatic N) is 5. The molecule has 15 nitrogen and oxygen atoms in total. The zero-order valence-electron chi connectivity index (χ0n) is 37.7. The molecule has 0 bridgehead atoms. The molecule has 2 N–H and O–H groups in total. The summed E-state index contributed by atoms with van der Waals surface area (Å²) in [5.41, 5.74) is 3.12. The van der Waals surface area contributed by atoms with Gasteiger partial charge in [-0.05, 0) is 60.1 Å². The first-order valence-corrected chi connectivity index (χ1v) is 22.7. The van der Waals surface area contributed by atoms with Gasteiger partial charge in [0.2, 0.25) is 17.6 Å². The highest BCUT2D eigenvalue weighted by Crippen LogP contribution is 2.30. The molecule has 0 spiro atoms. The number of ether oxygens (including phenoxy) is 1. The maximum atomic E-state index is 14.7. The standard InChI is InChI=1S/C48H65N7O8/c1-7-15-35(45(59)42(58)24-32(6)33-16-9-8-10-17-33)25-41(57)40-27-38(63-48(62)54-23-22-34-18-11-12-19-36(34)28-54)29-55(40)47(61)44(31(4)5)49-46(60)39(30(2)3)26-37(56)20-13-14-21-43-50-52-53-51-43/h8-12,16-19,30-32,35,38-40,44H,7,13-15,20-29H2,1-6H3,(H,49,60)(H,50,51,52,53)/t32-,35?,38-,39-,40+,44+/m1/s1. The number of aromatic nitrogens is 4. The third kappa shape index (κ3) is 13.4. The molecule has 15 heteroatoms. The Morgan fingerprint density at radius 2 is 1.59 bits per heavy atom. The summed E-state index contributed by atoms with van der Waals surface area (Å²) < 4.78 is 6.03. The van der Waals surface area contributed by atoms with E-state index in [0.717, 1.165) is 16.7 Å². The number of Topliss-reactive ketones (excluding diaryl/α,β-unsaturated/α-hetero) is 4. The summed E-state index contributed by atoms with van der Waals surface area (Å²) >= 11 is 0. The highest BCUT2D eigenvalue weighted by Gasteiger charge is 2.46. The predicted molar refractivity (Wildman–Crippen MR) is 235 cm³/mol. The zero-order chi connectivity index (χ0) is 45.6. The van der Waals surface area contributed by atoms with Crippen molar-refractivity contribution < 1.29 is 38.3 Å². The number of tetrazole rings is 1. The second-order valence-electron chi connectivity index (χ2n) is 18.0. The van der Waals surface area contributed by atoms with Crippen LogP contribution in [0.4, 0.5) is 4.79 Å². The molecule has 340 valence electrons. The number of hydrogen-bond acceptors (Lipinski definition) is 11. The number of aryl methyl sites for hydroxylation is 1. The number of H-pyrrole nitrogens is 1. The largest absolute Gasteiger partial charge is 0.444 e. The van der Waals surface area contributed by atoms with Crippen molar-refractivity contribution in [3.63, 3.8) is 0 Å². The Bertz CT molecular complexity index is 2040. The van der Waals surface area contributed by atoms with E-state index < -0.39 is 71.2 Å². The molecule has 6 atom stereocenters. The van der Waals surface area contributed by atoms with Gasteiger partial charge < -0.3 is 19.9 Å². The third-order valence-corrected chi connectivity index (χ3v) is 12.5. The quantitative estimate of drug-likeness (QED) is 0.0817. The molecule has 5 rings (SSSR count). The molecule has 3 aromatic rings. The lowest BCUT2D eigenvalue weighted by Crippen LogP contribution is -2.55. The molecule has 2 aliphatic heterocycles. The van der Waals surface area contributed by atoms with E-state index in [1.807, 2.05) is 82.3 Å². The van der Waals surface area contributed by atoms with Crippen LogP contribution in [-0.2, 0) is 52.9 Å². The van der Waals surface area contributed by atoms with Gasteiger partial charge in [0, 0.05) is 63.5 Å². The predicted octanol–water partition coefficient (Wildman–Crippen LogP) is 6.16. The van der Waals surface area contributed by atoms with Crippen LogP contribution in [-0.4, -0.2) is 103 Å². The van der Waals surface area contributed by atoms with Crippen molar-refractivity contribution >= 4 is 41.0 Å². The van der Waals surface area contributed by atoms with E-state index in [4.69, 9.17) is 4.74 Å². The Balaban J connectivity index is 1.30. The highest BCUT2D eigenvalue weighted by molar-refractivity contribution is 6.38. The second-order valence-corrected chi connectivity index (χ2v) is 18.0. The van der Waals surface area contributed by atoms with Crippen LogP contribution in [0.3, 0.4) is 0 Å². The number of unbranched alkanes of at least 4 members (excludes halogenated alkanes) is 1. The van der Waals surface area contributed by atoms with Crippen LogP contribution in [0.1, 0.15) is 128 Å². The van der Waals surface area contributed by atoms with Gasteiger partial charge in [-0.25, -0.2) is 4.79 Å². The normalized spacial score (nSPS) is 18.0. The van der Waals surface area contributed by atoms with E-state index in [2.05, 4.69) is 25.9 Å². The fourth-order valence-corrected chi connectivity index (χ4v) is 8.68. The topological polar surface area (TPSA) is 202 Å². The molecule has 0 saturated carbocycles. The average molecular weight is 868 g/mol. The van der Waals surface area contributed by atoms with Crippen LogP contribution in [0.5, 0.6) is 0 Å². The lowest BCUT2D eigenvalue weighted by atomic mass is 9.85. The van der Waals surface area contributed by atoms with E-state index in [9.17, 15) is 33.6 Å². The molecule has 63 heavy (non-hydrogen) atoms. The smallest absolute Gasteiger partial charge is 0.410 e. The lowest BCUT2D eigenvalue weighted by Gasteiger charge is -2.32. The monoisotopic (exact) mass is 867 g/mol. The van der Waals surface area contributed by atoms with E-state index in [0.29, 0.717) is 57.4 Å². The van der Waals surface area contributed by atoms with Crippen molar-refractivity contribution in [2.45, 2.75) is 143 Å². The number of ketones is 4. The van der Waals surface area contributed by atoms with Crippen molar-refractivity contribution in [2.24, 2.45) is 23.7 Å². The lowest BCUT2D eigenvalue weighted by molar-refractivity contribution is -0.144. The van der Waals surface area contributed by atoms with Gasteiger partial charge in [0.15, 0.2) is 17.4 Å². The molecule has 1 unspecified atom stereocenters. The Morgan fingerprint density at radius 1 is 0.873 bits per heavy atom. The second kappa shape index (κ2) is 23.2. The molecule has 1 aromatic heterocycles. The molecule has 0 radical (unpaired) electrons. The average Bonchev–Trinajstić information content (AvgIpc) is 3.96. The van der Waals surface area contributed by atoms with Crippen LogP contribution in [0.25, 0.3) is 0 Å². The van der Waals surface area contributed by atoms with Crippen LogP contribution >= 0.6 is 0 Å². The summed E-state index contributed by atoms with van der Waals surface area (Å²) in [5, 5.41) is 16.8. The number of hydrogen-bond donors (Lipinski definition) is 2. The van der Waals surface area contributed by atoms with Gasteiger partial charge in [0.25, 0.3) is 0 Å². The first kappa shape index (κ1) is 48.4. The maximum Gasteiger partial charge on any atom is 0.410 e. The van der Waals surface area contributed by atoms with Gasteiger partial charge in [-0.15, -0.1) is 10.2 Å². The molecule has 0 aliphatic carbocycles. The molecular weight excluding hydrogens is 803 g/mol. The summed E-state index contributed by atoms with van der Waals surface area (Å²) in [6.07, 6.45) is 2.01. The maximum absolute atomic E-state index is 14.7. The number of carbonyl (C=O) groups is 7. The summed E-state index contributed by atoms with van der Waals surface area (Å²) in [6.45, 7) is 11.8. The summed E-state index contributed by atoms with van der Waals surface area (Å²) in [5.74, 6) is -4.44. The third-order valence-electron chi connectivity index (χ3n) is 12.5. The Kier molecular flexibility index (Phi) is 17.8. The highest BCUT2D eigenvalue weighted by atomic mass is 16.6. The zero-order valence-corrected chi connectivity index (χ0v) is 37.7. The van der Waals surface area contributed by atoms with Crippen molar-refractivity contribution in [3.05, 3.63) is 77.1 Å². The van der Waals surface area contributed by atoms with Crippen molar-refractivity contribution in [2.75, 3.05) is 13.1 Å². The van der Waals surface area contributed by atoms with Gasteiger partial charge in [-0.1, -0.05) is 108 Å². The van der Waals surface area contributed by atoms with Gasteiger partial charge in [-0.3, -0.25) is 28.8 Å². The number of amides is 3. The molecular formula is C48H65N7O8. The van der Waals surface area contributed by atoms with E-state index in [1.54, 1.807) is 18.7 Å². The Labute approximate surface area is 370 Å². The van der Waals surface area contributed by atoms with Crippen LogP contribution in [0.2, 0.25) is 0 Å². The minimum absolute atomic E-state index is 0.00136. The number of fused-ring (bicyclic) bond motifs is 1. The van der Waals surface area contributed by atoms with E-state index in [1.165, 1.54) is 4.90 Å². The van der Waals surface area contributed by atoms with Gasteiger partial charge >= 0.3 is 6.09 Å². The summed E-state index contributed by atoms with van der Waals surface area (Å²) in [6, 6.07) is 15.2. The minimum Gasteiger partial charge on any atom is -0.444 e. The number of aromatic amines is 1. The number of likely N-dealkylation sites (tertiary alicyclic amines) is 1. The van der Waals surface area contributed by atoms with Gasteiger partial charge in [0.1, 0.15) is 17.9 Å². The number of nitrogens with one attached hydrogen (secondary N) is 2. The number of carbonyl (C=O) groups excluding carboxylic acids is 7. The molecule has 1 fully saturated rings. The van der Waals surface area contributed by atoms with Crippen molar-refractivity contribution in [1.29, 1.82) is 0 Å². The van der Waals surface area contributed by atoms with E-state index in [-0.39, 0.29) is 56.3 Å². The summed E-state index contributed by atoms with van der Waals surface area (Å²) in [7, 11) is 0. The number of benzene rings is 2. The fourth-order valence-electron chi connectivity index (χ4n) is 8.68. The minimum atomic E-state index is -1.07. The van der Waals surface area contributed by atoms with Crippen LogP contribution in [0, 0.1) is 23.7 Å². The van der Waals surface area contributed by atoms with Crippen molar-refractivity contribution in [1.82, 2.24) is 35.7 Å². The molecule has 1 saturated heterocycles. The summed E-state index contributed by atoms with van der Waals surface area (Å²) in [4.78, 5) is 100. The fraction of sp³-hybridized carbons (Fsp3) is 0.583. The molecule has 3 amide bonds. The Morgan fingerprint density at radius 3 is 2.25 bits per heavy atom. The number of rotatable bonds is 23. The van der Waals surface area contributed by atoms with Crippen molar-refractivity contribution in [3.8, 4) is 0 Å². The van der Waals surface area contributed by atoms with Gasteiger partial charge in [0.05, 0.1) is 12.6 Å². The van der Waals surface area contributed by atoms with E-state index >= 15 is 0 Å². The molecule has 2 aliphatic rings. The van der Waals surface area contributed by atoms with Crippen LogP contribution < -0.4 is 5.32 Å². The first-order valence-electron chi connectivity index (χ1n) is 22.7. The molecule has 2 aromatic carbocycles. The molecule has 3 heterocycles.